The highest BCUT2D eigenvalue weighted by Crippen LogP contribution is 2.24. The largest absolute Gasteiger partial charge is 0.399 e. The molecule has 0 aliphatic carbocycles. The molecule has 2 N–H and O–H groups in total. The minimum Gasteiger partial charge on any atom is -0.399 e. The standard InChI is InChI=1S/C13H17N3O4/c1-20-10-4-6-15(7-5-10)13(17)11-8-9(14)2-3-12(11)16(18)19/h2-3,8,10H,4-7,14H2,1H3. The van der Waals surface area contributed by atoms with E-state index in [2.05, 4.69) is 0 Å². The molecular weight excluding hydrogens is 262 g/mol. The van der Waals surface area contributed by atoms with E-state index in [9.17, 15) is 14.9 Å². The number of nitrogen functional groups attached to an aromatic ring is 1. The molecule has 20 heavy (non-hydrogen) atoms. The Hall–Kier alpha value is -2.15. The Morgan fingerprint density at radius 2 is 2.10 bits per heavy atom. The molecule has 0 aromatic heterocycles. The van der Waals surface area contributed by atoms with Gasteiger partial charge in [0.1, 0.15) is 5.56 Å². The number of anilines is 1. The summed E-state index contributed by atoms with van der Waals surface area (Å²) in [6.07, 6.45) is 1.62. The predicted octanol–water partition coefficient (Wildman–Crippen LogP) is 1.43. The number of methoxy groups -OCH3 is 1. The SMILES string of the molecule is COC1CCN(C(=O)c2cc(N)ccc2[N+](=O)[O-])CC1. The Morgan fingerprint density at radius 1 is 1.45 bits per heavy atom. The number of carbonyl (C=O) groups is 1. The van der Waals surface area contributed by atoms with E-state index >= 15 is 0 Å². The van der Waals surface area contributed by atoms with Gasteiger partial charge in [-0.3, -0.25) is 14.9 Å². The molecule has 0 atom stereocenters. The third-order valence-electron chi connectivity index (χ3n) is 3.51. The van der Waals surface area contributed by atoms with Gasteiger partial charge in [0.25, 0.3) is 11.6 Å². The van der Waals surface area contributed by atoms with Crippen LogP contribution in [0.25, 0.3) is 0 Å². The maximum absolute atomic E-state index is 12.4. The molecule has 7 nitrogen and oxygen atoms in total. The number of amides is 1. The van der Waals surface area contributed by atoms with E-state index in [0.29, 0.717) is 18.8 Å². The number of nitrogens with zero attached hydrogens (tertiary/aromatic N) is 2. The Kier molecular flexibility index (Phi) is 4.19. The maximum atomic E-state index is 12.4. The van der Waals surface area contributed by atoms with Gasteiger partial charge in [-0.2, -0.15) is 0 Å². The van der Waals surface area contributed by atoms with Crippen LogP contribution in [0.1, 0.15) is 23.2 Å². The summed E-state index contributed by atoms with van der Waals surface area (Å²) >= 11 is 0. The number of carbonyl (C=O) groups excluding carboxylic acids is 1. The molecule has 1 aliphatic heterocycles. The van der Waals surface area contributed by atoms with E-state index in [4.69, 9.17) is 10.5 Å². The van der Waals surface area contributed by atoms with Gasteiger partial charge in [-0.15, -0.1) is 0 Å². The van der Waals surface area contributed by atoms with Gasteiger partial charge in [0.05, 0.1) is 11.0 Å². The summed E-state index contributed by atoms with van der Waals surface area (Å²) in [5.41, 5.74) is 5.80. The number of rotatable bonds is 3. The first-order chi connectivity index (χ1) is 9.52. The van der Waals surface area contributed by atoms with Gasteiger partial charge in [-0.25, -0.2) is 0 Å². The average molecular weight is 279 g/mol. The monoisotopic (exact) mass is 279 g/mol. The predicted molar refractivity (Wildman–Crippen MR) is 73.4 cm³/mol. The lowest BCUT2D eigenvalue weighted by molar-refractivity contribution is -0.385. The van der Waals surface area contributed by atoms with Crippen LogP contribution in [0.4, 0.5) is 11.4 Å². The summed E-state index contributed by atoms with van der Waals surface area (Å²) in [6, 6.07) is 4.05. The third-order valence-corrected chi connectivity index (χ3v) is 3.51. The highest BCUT2D eigenvalue weighted by molar-refractivity contribution is 5.99. The molecule has 1 amide bonds. The zero-order valence-corrected chi connectivity index (χ0v) is 11.2. The van der Waals surface area contributed by atoms with Crippen LogP contribution < -0.4 is 5.73 Å². The summed E-state index contributed by atoms with van der Waals surface area (Å²) in [4.78, 5) is 24.4. The Balaban J connectivity index is 2.21. The van der Waals surface area contributed by atoms with Crippen LogP contribution in [0.5, 0.6) is 0 Å². The van der Waals surface area contributed by atoms with Crippen molar-refractivity contribution >= 4 is 17.3 Å². The Bertz CT molecular complexity index is 524. The fourth-order valence-corrected chi connectivity index (χ4v) is 2.35. The molecule has 0 bridgehead atoms. The van der Waals surface area contributed by atoms with Crippen LogP contribution in [0.3, 0.4) is 0 Å². The lowest BCUT2D eigenvalue weighted by Gasteiger charge is -2.31. The van der Waals surface area contributed by atoms with E-state index in [-0.39, 0.29) is 23.3 Å². The molecule has 1 fully saturated rings. The number of ether oxygens (including phenoxy) is 1. The van der Waals surface area contributed by atoms with Crippen molar-refractivity contribution in [2.24, 2.45) is 0 Å². The Labute approximate surface area is 116 Å². The first kappa shape index (κ1) is 14.3. The van der Waals surface area contributed by atoms with Gasteiger partial charge < -0.3 is 15.4 Å². The number of nitrogens with two attached hydrogens (primary N) is 1. The van der Waals surface area contributed by atoms with E-state index < -0.39 is 4.92 Å². The van der Waals surface area contributed by atoms with Crippen molar-refractivity contribution in [1.29, 1.82) is 0 Å². The van der Waals surface area contributed by atoms with Crippen LogP contribution >= 0.6 is 0 Å². The number of hydrogen-bond acceptors (Lipinski definition) is 5. The van der Waals surface area contributed by atoms with Gasteiger partial charge in [0, 0.05) is 32.0 Å². The molecule has 1 aromatic rings. The number of likely N-dealkylation sites (tertiary alicyclic amines) is 1. The summed E-state index contributed by atoms with van der Waals surface area (Å²) in [5, 5.41) is 11.0. The second-order valence-corrected chi connectivity index (χ2v) is 4.76. The Morgan fingerprint density at radius 3 is 2.65 bits per heavy atom. The van der Waals surface area contributed by atoms with Crippen molar-refractivity contribution < 1.29 is 14.5 Å². The highest BCUT2D eigenvalue weighted by Gasteiger charge is 2.28. The molecule has 0 radical (unpaired) electrons. The fraction of sp³-hybridized carbons (Fsp3) is 0.462. The minimum absolute atomic E-state index is 0.0471. The zero-order chi connectivity index (χ0) is 14.7. The van der Waals surface area contributed by atoms with E-state index in [0.717, 1.165) is 12.8 Å². The van der Waals surface area contributed by atoms with Crippen molar-refractivity contribution in [3.05, 3.63) is 33.9 Å². The topological polar surface area (TPSA) is 98.7 Å². The minimum atomic E-state index is -0.561. The van der Waals surface area contributed by atoms with Crippen LogP contribution in [-0.2, 0) is 4.74 Å². The summed E-state index contributed by atoms with van der Waals surface area (Å²) < 4.78 is 5.24. The number of benzene rings is 1. The molecule has 1 aromatic carbocycles. The van der Waals surface area contributed by atoms with Crippen molar-refractivity contribution in [3.63, 3.8) is 0 Å². The van der Waals surface area contributed by atoms with Gasteiger partial charge in [0.15, 0.2) is 0 Å². The lowest BCUT2D eigenvalue weighted by Crippen LogP contribution is -2.40. The molecule has 1 aliphatic rings. The molecule has 0 unspecified atom stereocenters. The van der Waals surface area contributed by atoms with Gasteiger partial charge in [0.2, 0.25) is 0 Å². The summed E-state index contributed by atoms with van der Waals surface area (Å²) in [6.45, 7) is 1.06. The second kappa shape index (κ2) is 5.87. The summed E-state index contributed by atoms with van der Waals surface area (Å²) in [7, 11) is 1.64. The number of nitro groups is 1. The first-order valence-corrected chi connectivity index (χ1v) is 6.39. The molecular formula is C13H17N3O4. The third kappa shape index (κ3) is 2.88. The van der Waals surface area contributed by atoms with Crippen LogP contribution in [-0.4, -0.2) is 42.0 Å². The molecule has 1 heterocycles. The fourth-order valence-electron chi connectivity index (χ4n) is 2.35. The van der Waals surface area contributed by atoms with Crippen molar-refractivity contribution in [3.8, 4) is 0 Å². The van der Waals surface area contributed by atoms with E-state index in [1.54, 1.807) is 12.0 Å². The quantitative estimate of drug-likeness (QED) is 0.512. The van der Waals surface area contributed by atoms with Crippen LogP contribution in [0.2, 0.25) is 0 Å². The van der Waals surface area contributed by atoms with Crippen LogP contribution in [0.15, 0.2) is 18.2 Å². The zero-order valence-electron chi connectivity index (χ0n) is 11.2. The van der Waals surface area contributed by atoms with Crippen molar-refractivity contribution in [2.75, 3.05) is 25.9 Å². The molecule has 108 valence electrons. The maximum Gasteiger partial charge on any atom is 0.282 e. The molecule has 1 saturated heterocycles. The van der Waals surface area contributed by atoms with Gasteiger partial charge in [-0.1, -0.05) is 0 Å². The summed E-state index contributed by atoms with van der Waals surface area (Å²) in [5.74, 6) is -0.349. The van der Waals surface area contributed by atoms with E-state index in [1.165, 1.54) is 18.2 Å². The van der Waals surface area contributed by atoms with E-state index in [1.807, 2.05) is 0 Å². The van der Waals surface area contributed by atoms with Crippen molar-refractivity contribution in [1.82, 2.24) is 4.90 Å². The van der Waals surface area contributed by atoms with Crippen molar-refractivity contribution in [2.45, 2.75) is 18.9 Å². The second-order valence-electron chi connectivity index (χ2n) is 4.76. The average Bonchev–Trinajstić information content (AvgIpc) is 2.46. The normalized spacial score (nSPS) is 16.1. The number of nitro benzene ring substituents is 1. The smallest absolute Gasteiger partial charge is 0.282 e. The van der Waals surface area contributed by atoms with Crippen LogP contribution in [0, 0.1) is 10.1 Å². The first-order valence-electron chi connectivity index (χ1n) is 6.39. The van der Waals surface area contributed by atoms with Gasteiger partial charge in [-0.05, 0) is 25.0 Å². The molecule has 2 rings (SSSR count). The van der Waals surface area contributed by atoms with Gasteiger partial charge >= 0.3 is 0 Å². The highest BCUT2D eigenvalue weighted by atomic mass is 16.6. The molecule has 0 saturated carbocycles. The lowest BCUT2D eigenvalue weighted by atomic mass is 10.1. The number of piperidine rings is 1. The molecule has 0 spiro atoms. The molecule has 7 heteroatoms. The number of hydrogen-bond donors (Lipinski definition) is 1.